The topological polar surface area (TPSA) is 16.1 Å². The lowest BCUT2D eigenvalue weighted by atomic mass is 9.94. The molecule has 0 amide bonds. The summed E-state index contributed by atoms with van der Waals surface area (Å²) in [5.74, 6) is 0. The van der Waals surface area contributed by atoms with E-state index in [0.717, 1.165) is 5.13 Å². The number of alkyl halides is 1. The molecule has 1 aromatic rings. The minimum absolute atomic E-state index is 0.620. The minimum Gasteiger partial charge on any atom is -0.347 e. The number of thiazole rings is 1. The van der Waals surface area contributed by atoms with Crippen LogP contribution in [-0.2, 0) is 0 Å². The molecule has 0 spiro atoms. The Bertz CT molecular complexity index is 276. The van der Waals surface area contributed by atoms with E-state index < -0.39 is 0 Å². The Morgan fingerprint density at radius 3 is 2.93 bits per heavy atom. The highest BCUT2D eigenvalue weighted by molar-refractivity contribution is 9.09. The standard InChI is InChI=1S/C10H15BrN2S/c1-13(10-12-6-7-14-10)9-5-3-2-4-8(9)11/h6-9H,2-5H2,1H3. The first-order chi connectivity index (χ1) is 6.79. The summed E-state index contributed by atoms with van der Waals surface area (Å²) < 4.78 is 0. The molecule has 0 aliphatic heterocycles. The first kappa shape index (κ1) is 10.4. The van der Waals surface area contributed by atoms with Crippen molar-refractivity contribution in [1.82, 2.24) is 4.98 Å². The second-order valence-electron chi connectivity index (χ2n) is 3.79. The highest BCUT2D eigenvalue weighted by Crippen LogP contribution is 2.31. The van der Waals surface area contributed by atoms with E-state index in [-0.39, 0.29) is 0 Å². The second kappa shape index (κ2) is 4.62. The largest absolute Gasteiger partial charge is 0.347 e. The normalized spacial score (nSPS) is 27.6. The maximum atomic E-state index is 4.35. The SMILES string of the molecule is CN(c1nccs1)C1CCCCC1Br. The van der Waals surface area contributed by atoms with Crippen LogP contribution in [0.25, 0.3) is 0 Å². The first-order valence-corrected chi connectivity index (χ1v) is 6.85. The van der Waals surface area contributed by atoms with Crippen LogP contribution < -0.4 is 4.90 Å². The molecule has 1 heterocycles. The molecule has 0 N–H and O–H groups in total. The molecule has 1 aromatic heterocycles. The molecule has 2 rings (SSSR count). The van der Waals surface area contributed by atoms with Crippen LogP contribution in [-0.4, -0.2) is 22.9 Å². The fourth-order valence-corrected chi connectivity index (χ4v) is 3.64. The van der Waals surface area contributed by atoms with Gasteiger partial charge in [-0.2, -0.15) is 0 Å². The maximum absolute atomic E-state index is 4.35. The zero-order valence-electron chi connectivity index (χ0n) is 8.32. The minimum atomic E-state index is 0.620. The van der Waals surface area contributed by atoms with E-state index in [2.05, 4.69) is 32.9 Å². The van der Waals surface area contributed by atoms with Gasteiger partial charge in [0.2, 0.25) is 0 Å². The molecule has 4 heteroatoms. The molecular formula is C10H15BrN2S. The smallest absolute Gasteiger partial charge is 0.185 e. The van der Waals surface area contributed by atoms with Gasteiger partial charge >= 0.3 is 0 Å². The molecule has 78 valence electrons. The van der Waals surface area contributed by atoms with Gasteiger partial charge in [0.1, 0.15) is 0 Å². The predicted molar refractivity (Wildman–Crippen MR) is 65.5 cm³/mol. The molecule has 1 saturated carbocycles. The summed E-state index contributed by atoms with van der Waals surface area (Å²) in [5, 5.41) is 3.18. The van der Waals surface area contributed by atoms with Crippen molar-refractivity contribution in [2.75, 3.05) is 11.9 Å². The number of aromatic nitrogens is 1. The molecule has 2 nitrogen and oxygen atoms in total. The van der Waals surface area contributed by atoms with E-state index in [9.17, 15) is 0 Å². The van der Waals surface area contributed by atoms with Crippen LogP contribution in [0.1, 0.15) is 25.7 Å². The van der Waals surface area contributed by atoms with Crippen LogP contribution in [0.15, 0.2) is 11.6 Å². The van der Waals surface area contributed by atoms with Crippen molar-refractivity contribution in [2.45, 2.75) is 36.6 Å². The number of anilines is 1. The van der Waals surface area contributed by atoms with E-state index in [1.807, 2.05) is 11.6 Å². The van der Waals surface area contributed by atoms with E-state index in [1.54, 1.807) is 11.3 Å². The molecule has 2 unspecified atom stereocenters. The Hall–Kier alpha value is -0.0900. The fourth-order valence-electron chi connectivity index (χ4n) is 2.03. The third-order valence-electron chi connectivity index (χ3n) is 2.87. The maximum Gasteiger partial charge on any atom is 0.185 e. The van der Waals surface area contributed by atoms with E-state index in [4.69, 9.17) is 0 Å². The molecule has 0 saturated heterocycles. The monoisotopic (exact) mass is 274 g/mol. The highest BCUT2D eigenvalue weighted by Gasteiger charge is 2.27. The van der Waals surface area contributed by atoms with Gasteiger partial charge in [-0.1, -0.05) is 28.8 Å². The molecule has 1 aliphatic carbocycles. The fraction of sp³-hybridized carbons (Fsp3) is 0.700. The third-order valence-corrected chi connectivity index (χ3v) is 4.80. The van der Waals surface area contributed by atoms with Crippen LogP contribution in [0.3, 0.4) is 0 Å². The Morgan fingerprint density at radius 2 is 2.29 bits per heavy atom. The number of hydrogen-bond acceptors (Lipinski definition) is 3. The zero-order valence-corrected chi connectivity index (χ0v) is 10.7. The van der Waals surface area contributed by atoms with E-state index in [0.29, 0.717) is 10.9 Å². The molecule has 0 bridgehead atoms. The van der Waals surface area contributed by atoms with Gasteiger partial charge in [-0.3, -0.25) is 0 Å². The van der Waals surface area contributed by atoms with Crippen molar-refractivity contribution in [3.63, 3.8) is 0 Å². The van der Waals surface area contributed by atoms with Crippen molar-refractivity contribution in [2.24, 2.45) is 0 Å². The molecule has 1 fully saturated rings. The second-order valence-corrected chi connectivity index (χ2v) is 5.84. The lowest BCUT2D eigenvalue weighted by Gasteiger charge is -2.34. The van der Waals surface area contributed by atoms with Crippen molar-refractivity contribution < 1.29 is 0 Å². The summed E-state index contributed by atoms with van der Waals surface area (Å²) in [6.45, 7) is 0. The highest BCUT2D eigenvalue weighted by atomic mass is 79.9. The van der Waals surface area contributed by atoms with Crippen molar-refractivity contribution in [1.29, 1.82) is 0 Å². The van der Waals surface area contributed by atoms with Crippen LogP contribution >= 0.6 is 27.3 Å². The van der Waals surface area contributed by atoms with E-state index in [1.165, 1.54) is 25.7 Å². The zero-order chi connectivity index (χ0) is 9.97. The Labute approximate surface area is 97.5 Å². The van der Waals surface area contributed by atoms with Gasteiger partial charge in [0.25, 0.3) is 0 Å². The van der Waals surface area contributed by atoms with Crippen LogP contribution in [0.4, 0.5) is 5.13 Å². The van der Waals surface area contributed by atoms with Gasteiger partial charge in [0.15, 0.2) is 5.13 Å². The third kappa shape index (κ3) is 2.11. The van der Waals surface area contributed by atoms with Gasteiger partial charge in [-0.05, 0) is 12.8 Å². The Kier molecular flexibility index (Phi) is 3.44. The van der Waals surface area contributed by atoms with Gasteiger partial charge in [0.05, 0.1) is 0 Å². The lowest BCUT2D eigenvalue weighted by Crippen LogP contribution is -2.40. The van der Waals surface area contributed by atoms with Crippen molar-refractivity contribution in [3.05, 3.63) is 11.6 Å². The molecule has 14 heavy (non-hydrogen) atoms. The quantitative estimate of drug-likeness (QED) is 0.770. The van der Waals surface area contributed by atoms with Gasteiger partial charge in [-0.15, -0.1) is 11.3 Å². The van der Waals surface area contributed by atoms with Crippen molar-refractivity contribution >= 4 is 32.4 Å². The van der Waals surface area contributed by atoms with Crippen LogP contribution in [0, 0.1) is 0 Å². The summed E-state index contributed by atoms with van der Waals surface area (Å²) >= 11 is 5.50. The number of nitrogens with zero attached hydrogens (tertiary/aromatic N) is 2. The number of hydrogen-bond donors (Lipinski definition) is 0. The molecule has 0 radical (unpaired) electrons. The van der Waals surface area contributed by atoms with Crippen LogP contribution in [0.5, 0.6) is 0 Å². The first-order valence-electron chi connectivity index (χ1n) is 5.05. The van der Waals surface area contributed by atoms with Gasteiger partial charge in [-0.25, -0.2) is 4.98 Å². The molecular weight excluding hydrogens is 260 g/mol. The number of rotatable bonds is 2. The molecule has 1 aliphatic rings. The Morgan fingerprint density at radius 1 is 1.50 bits per heavy atom. The average molecular weight is 275 g/mol. The summed E-state index contributed by atoms with van der Waals surface area (Å²) in [7, 11) is 2.16. The van der Waals surface area contributed by atoms with Crippen molar-refractivity contribution in [3.8, 4) is 0 Å². The molecule has 2 atom stereocenters. The molecule has 0 aromatic carbocycles. The summed E-state index contributed by atoms with van der Waals surface area (Å²) in [6, 6.07) is 0.620. The summed E-state index contributed by atoms with van der Waals surface area (Å²) in [4.78, 5) is 7.30. The predicted octanol–water partition coefficient (Wildman–Crippen LogP) is 3.29. The number of halogens is 1. The van der Waals surface area contributed by atoms with Gasteiger partial charge < -0.3 is 4.90 Å². The van der Waals surface area contributed by atoms with E-state index >= 15 is 0 Å². The lowest BCUT2D eigenvalue weighted by molar-refractivity contribution is 0.443. The summed E-state index contributed by atoms with van der Waals surface area (Å²) in [6.07, 6.45) is 7.16. The Balaban J connectivity index is 2.06. The summed E-state index contributed by atoms with van der Waals surface area (Å²) in [5.41, 5.74) is 0. The average Bonchev–Trinajstić information content (AvgIpc) is 2.70. The van der Waals surface area contributed by atoms with Crippen LogP contribution in [0.2, 0.25) is 0 Å². The van der Waals surface area contributed by atoms with Gasteiger partial charge in [0, 0.05) is 29.5 Å².